The van der Waals surface area contributed by atoms with Gasteiger partial charge in [-0.05, 0) is 30.9 Å². The van der Waals surface area contributed by atoms with E-state index in [2.05, 4.69) is 11.5 Å². The molecule has 136 valence electrons. The molecule has 26 heavy (non-hydrogen) atoms. The predicted molar refractivity (Wildman–Crippen MR) is 94.1 cm³/mol. The number of carbonyl (C=O) groups excluding carboxylic acids is 2. The minimum Gasteiger partial charge on any atom is -0.480 e. The van der Waals surface area contributed by atoms with Gasteiger partial charge in [-0.1, -0.05) is 12.1 Å². The normalized spacial score (nSPS) is 37.0. The number of primary amides is 1. The van der Waals surface area contributed by atoms with Crippen LogP contribution in [0.15, 0.2) is 24.8 Å². The molecule has 1 spiro atoms. The van der Waals surface area contributed by atoms with Gasteiger partial charge in [0.2, 0.25) is 0 Å². The van der Waals surface area contributed by atoms with E-state index in [0.717, 1.165) is 17.7 Å². The lowest BCUT2D eigenvalue weighted by atomic mass is 9.49. The van der Waals surface area contributed by atoms with Crippen molar-refractivity contribution in [2.75, 3.05) is 13.1 Å². The highest BCUT2D eigenvalue weighted by molar-refractivity contribution is 5.98. The minimum atomic E-state index is -1.05. The number of nitrogens with two attached hydrogens (primary N) is 1. The van der Waals surface area contributed by atoms with E-state index in [-0.39, 0.29) is 18.2 Å². The van der Waals surface area contributed by atoms with Gasteiger partial charge in [0.05, 0.1) is 16.6 Å². The van der Waals surface area contributed by atoms with Crippen LogP contribution in [0.2, 0.25) is 0 Å². The third-order valence-electron chi connectivity index (χ3n) is 7.02. The Bertz CT molecular complexity index is 866. The number of Topliss-reactive ketones (excluding diaryl/α,β-unsaturated/α-hetero) is 1. The van der Waals surface area contributed by atoms with Crippen LogP contribution >= 0.6 is 0 Å². The number of likely N-dealkylation sites (tertiary alicyclic amines) is 1. The minimum absolute atomic E-state index is 0.00469. The zero-order valence-corrected chi connectivity index (χ0v) is 14.5. The highest BCUT2D eigenvalue weighted by Gasteiger charge is 2.72. The Morgan fingerprint density at radius 2 is 2.27 bits per heavy atom. The highest BCUT2D eigenvalue weighted by Crippen LogP contribution is 2.63. The fraction of sp³-hybridized carbons (Fsp3) is 0.500. The quantitative estimate of drug-likeness (QED) is 0.780. The number of rotatable bonds is 3. The first-order valence-electron chi connectivity index (χ1n) is 9.17. The molecule has 1 saturated carbocycles. The molecule has 2 fully saturated rings. The average molecular weight is 354 g/mol. The third-order valence-corrected chi connectivity index (χ3v) is 7.02. The summed E-state index contributed by atoms with van der Waals surface area (Å²) in [6, 6.07) is 3.51. The highest BCUT2D eigenvalue weighted by atomic mass is 16.5. The van der Waals surface area contributed by atoms with Crippen molar-refractivity contribution in [2.45, 2.75) is 48.8 Å². The van der Waals surface area contributed by atoms with Crippen molar-refractivity contribution >= 4 is 11.7 Å². The summed E-state index contributed by atoms with van der Waals surface area (Å²) in [5.41, 5.74) is 5.91. The zero-order chi connectivity index (χ0) is 18.3. The summed E-state index contributed by atoms with van der Waals surface area (Å²) >= 11 is 0. The fourth-order valence-electron chi connectivity index (χ4n) is 6.01. The van der Waals surface area contributed by atoms with E-state index in [9.17, 15) is 14.7 Å². The second-order valence-corrected chi connectivity index (χ2v) is 7.95. The van der Waals surface area contributed by atoms with Gasteiger partial charge in [-0.3, -0.25) is 14.5 Å². The van der Waals surface area contributed by atoms with Gasteiger partial charge in [0.15, 0.2) is 11.9 Å². The molecule has 1 aromatic rings. The van der Waals surface area contributed by atoms with Crippen LogP contribution < -0.4 is 10.5 Å². The Kier molecular flexibility index (Phi) is 3.06. The van der Waals surface area contributed by atoms with Crippen LogP contribution in [0.3, 0.4) is 0 Å². The molecule has 0 radical (unpaired) electrons. The molecule has 1 aromatic carbocycles. The molecule has 3 N–H and O–H groups in total. The number of amides is 1. The fourth-order valence-corrected chi connectivity index (χ4v) is 6.01. The number of nitrogens with zero attached hydrogens (tertiary/aromatic N) is 1. The maximum Gasteiger partial charge on any atom is 0.252 e. The van der Waals surface area contributed by atoms with E-state index >= 15 is 0 Å². The first kappa shape index (κ1) is 16.0. The molecule has 2 aliphatic carbocycles. The molecule has 2 bridgehead atoms. The molecule has 4 aliphatic rings. The Morgan fingerprint density at radius 1 is 1.46 bits per heavy atom. The van der Waals surface area contributed by atoms with Crippen LogP contribution in [0.5, 0.6) is 5.75 Å². The Labute approximate surface area is 151 Å². The molecule has 0 aromatic heterocycles. The second kappa shape index (κ2) is 4.96. The average Bonchev–Trinajstić information content (AvgIpc) is 2.95. The van der Waals surface area contributed by atoms with Crippen LogP contribution in [0.4, 0.5) is 0 Å². The third kappa shape index (κ3) is 1.60. The molecule has 4 atom stereocenters. The number of ketones is 1. The maximum absolute atomic E-state index is 12.8. The number of ether oxygens (including phenoxy) is 1. The number of carbonyl (C=O) groups is 2. The summed E-state index contributed by atoms with van der Waals surface area (Å²) in [4.78, 5) is 26.9. The molecular weight excluding hydrogens is 332 g/mol. The predicted octanol–water partition coefficient (Wildman–Crippen LogP) is 0.695. The number of piperidine rings is 1. The lowest BCUT2D eigenvalue weighted by Crippen LogP contribution is -2.76. The lowest BCUT2D eigenvalue weighted by Gasteiger charge is -2.62. The van der Waals surface area contributed by atoms with Crippen molar-refractivity contribution in [1.29, 1.82) is 0 Å². The van der Waals surface area contributed by atoms with Crippen molar-refractivity contribution < 1.29 is 19.4 Å². The summed E-state index contributed by atoms with van der Waals surface area (Å²) in [5.74, 6) is -0.144. The number of hydrogen-bond acceptors (Lipinski definition) is 5. The smallest absolute Gasteiger partial charge is 0.252 e. The summed E-state index contributed by atoms with van der Waals surface area (Å²) in [7, 11) is 0. The van der Waals surface area contributed by atoms with E-state index in [1.807, 2.05) is 12.1 Å². The monoisotopic (exact) mass is 354 g/mol. The van der Waals surface area contributed by atoms with E-state index in [4.69, 9.17) is 10.5 Å². The molecule has 4 unspecified atom stereocenters. The Morgan fingerprint density at radius 3 is 3.00 bits per heavy atom. The van der Waals surface area contributed by atoms with Crippen molar-refractivity contribution in [3.63, 3.8) is 0 Å². The molecule has 2 heterocycles. The van der Waals surface area contributed by atoms with Gasteiger partial charge in [-0.25, -0.2) is 0 Å². The van der Waals surface area contributed by atoms with Crippen molar-refractivity contribution in [2.24, 2.45) is 5.73 Å². The molecule has 5 rings (SSSR count). The van der Waals surface area contributed by atoms with Crippen LogP contribution in [0.25, 0.3) is 0 Å². The molecule has 1 saturated heterocycles. The number of hydrogen-bond donors (Lipinski definition) is 2. The Hall–Kier alpha value is -2.18. The summed E-state index contributed by atoms with van der Waals surface area (Å²) in [5, 5.41) is 11.9. The van der Waals surface area contributed by atoms with Gasteiger partial charge in [0, 0.05) is 31.1 Å². The van der Waals surface area contributed by atoms with E-state index < -0.39 is 23.0 Å². The maximum atomic E-state index is 12.8. The van der Waals surface area contributed by atoms with Crippen LogP contribution in [-0.2, 0) is 16.6 Å². The van der Waals surface area contributed by atoms with Gasteiger partial charge >= 0.3 is 0 Å². The van der Waals surface area contributed by atoms with Crippen LogP contribution in [-0.4, -0.2) is 52.5 Å². The van der Waals surface area contributed by atoms with Gasteiger partial charge in [0.25, 0.3) is 5.91 Å². The number of benzene rings is 1. The lowest BCUT2D eigenvalue weighted by molar-refractivity contribution is -0.187. The van der Waals surface area contributed by atoms with Crippen LogP contribution in [0, 0.1) is 0 Å². The van der Waals surface area contributed by atoms with Crippen molar-refractivity contribution in [3.8, 4) is 5.75 Å². The summed E-state index contributed by atoms with van der Waals surface area (Å²) < 4.78 is 6.09. The summed E-state index contributed by atoms with van der Waals surface area (Å²) in [6.07, 6.45) is 3.11. The van der Waals surface area contributed by atoms with Gasteiger partial charge in [-0.15, -0.1) is 6.58 Å². The molecule has 1 amide bonds. The van der Waals surface area contributed by atoms with Crippen molar-refractivity contribution in [1.82, 2.24) is 4.90 Å². The first-order valence-corrected chi connectivity index (χ1v) is 9.17. The molecule has 6 heteroatoms. The van der Waals surface area contributed by atoms with Crippen molar-refractivity contribution in [3.05, 3.63) is 41.5 Å². The van der Waals surface area contributed by atoms with Gasteiger partial charge in [-0.2, -0.15) is 0 Å². The van der Waals surface area contributed by atoms with Crippen LogP contribution in [0.1, 0.15) is 40.7 Å². The Balaban J connectivity index is 1.80. The van der Waals surface area contributed by atoms with E-state index in [0.29, 0.717) is 37.1 Å². The number of aliphatic hydroxyl groups is 1. The molecular formula is C20H22N2O4. The largest absolute Gasteiger partial charge is 0.480 e. The molecule has 2 aliphatic heterocycles. The SMILES string of the molecule is C=CCN1CCC23c4c5ccc(C(N)=O)c4OC2C(=O)CCC3(O)C1C5. The van der Waals surface area contributed by atoms with E-state index in [1.54, 1.807) is 6.07 Å². The topological polar surface area (TPSA) is 92.9 Å². The second-order valence-electron chi connectivity index (χ2n) is 7.95. The summed E-state index contributed by atoms with van der Waals surface area (Å²) in [6.45, 7) is 5.30. The molecule has 6 nitrogen and oxygen atoms in total. The van der Waals surface area contributed by atoms with Gasteiger partial charge in [0.1, 0.15) is 5.75 Å². The van der Waals surface area contributed by atoms with Gasteiger partial charge < -0.3 is 15.6 Å². The van der Waals surface area contributed by atoms with E-state index in [1.165, 1.54) is 0 Å². The standard InChI is InChI=1S/C20H22N2O4/c1-2-8-22-9-7-19-15-11-3-4-12(18(21)24)16(15)26-17(19)13(23)5-6-20(19,25)14(22)10-11/h2-4,14,17,25H,1,5-10H2,(H2,21,24). The first-order chi connectivity index (χ1) is 12.4. The zero-order valence-electron chi connectivity index (χ0n) is 14.5.